The maximum absolute atomic E-state index is 13.1. The number of benzene rings is 1. The molecular weight excluding hydrogens is 445 g/mol. The fourth-order valence-electron chi connectivity index (χ4n) is 5.60. The summed E-state index contributed by atoms with van der Waals surface area (Å²) in [5, 5.41) is 9.61. The van der Waals surface area contributed by atoms with E-state index in [1.165, 1.54) is 6.20 Å². The van der Waals surface area contributed by atoms with Gasteiger partial charge in [0.2, 0.25) is 0 Å². The molecular formula is C26H29F3N2O3. The standard InChI is InChI=1S/C26H29F3N2O3/c1-16(24(32)33)23(18-3-4-18)19-5-2-17-6-8-25(34-21(17)14-19)9-12-31(13-10-25)20-7-11-30-22(15-20)26(27,28)29/h2,5,7,11,14-16,18,23H,3-4,6,8-10,12-13H2,1H3,(H,32,33)/t16-,23-/m0/s1. The Kier molecular flexibility index (Phi) is 5.73. The van der Waals surface area contributed by atoms with Crippen LogP contribution in [0.2, 0.25) is 0 Å². The number of alkyl halides is 3. The molecule has 8 heteroatoms. The first-order valence-electron chi connectivity index (χ1n) is 12.0. The lowest BCUT2D eigenvalue weighted by molar-refractivity contribution is -0.142. The molecule has 5 nitrogen and oxygen atoms in total. The van der Waals surface area contributed by atoms with Crippen LogP contribution in [0.3, 0.4) is 0 Å². The Balaban J connectivity index is 1.31. The number of rotatable bonds is 5. The van der Waals surface area contributed by atoms with Crippen molar-refractivity contribution in [3.63, 3.8) is 0 Å². The maximum atomic E-state index is 13.1. The number of aromatic nitrogens is 1. The molecule has 1 aromatic heterocycles. The minimum Gasteiger partial charge on any atom is -0.487 e. The van der Waals surface area contributed by atoms with Crippen molar-refractivity contribution < 1.29 is 27.8 Å². The number of carboxylic acids is 1. The van der Waals surface area contributed by atoms with Gasteiger partial charge in [-0.2, -0.15) is 13.2 Å². The van der Waals surface area contributed by atoms with E-state index >= 15 is 0 Å². The van der Waals surface area contributed by atoms with Gasteiger partial charge in [0.05, 0.1) is 5.92 Å². The number of hydrogen-bond acceptors (Lipinski definition) is 4. The molecule has 0 radical (unpaired) electrons. The number of carboxylic acid groups (broad SMARTS) is 1. The quantitative estimate of drug-likeness (QED) is 0.604. The number of pyridine rings is 1. The van der Waals surface area contributed by atoms with E-state index in [1.807, 2.05) is 11.0 Å². The molecule has 1 spiro atoms. The monoisotopic (exact) mass is 474 g/mol. The first-order valence-corrected chi connectivity index (χ1v) is 12.0. The van der Waals surface area contributed by atoms with Gasteiger partial charge >= 0.3 is 12.1 Å². The minimum atomic E-state index is -4.46. The van der Waals surface area contributed by atoms with Crippen LogP contribution in [0.15, 0.2) is 36.5 Å². The Morgan fingerprint density at radius 1 is 1.18 bits per heavy atom. The van der Waals surface area contributed by atoms with Crippen LogP contribution >= 0.6 is 0 Å². The number of ether oxygens (including phenoxy) is 1. The second kappa shape index (κ2) is 8.47. The van der Waals surface area contributed by atoms with Gasteiger partial charge in [-0.15, -0.1) is 0 Å². The molecule has 3 heterocycles. The Morgan fingerprint density at radius 3 is 2.56 bits per heavy atom. The fraction of sp³-hybridized carbons (Fsp3) is 0.538. The molecule has 2 aliphatic heterocycles. The van der Waals surface area contributed by atoms with E-state index in [1.54, 1.807) is 13.0 Å². The molecule has 1 saturated carbocycles. The van der Waals surface area contributed by atoms with E-state index in [-0.39, 0.29) is 11.5 Å². The predicted molar refractivity (Wildman–Crippen MR) is 121 cm³/mol. The van der Waals surface area contributed by atoms with Crippen molar-refractivity contribution in [2.24, 2.45) is 11.8 Å². The van der Waals surface area contributed by atoms with Gasteiger partial charge in [-0.1, -0.05) is 19.1 Å². The van der Waals surface area contributed by atoms with Crippen molar-refractivity contribution in [3.8, 4) is 5.75 Å². The Morgan fingerprint density at radius 2 is 1.91 bits per heavy atom. The average Bonchev–Trinajstić information content (AvgIpc) is 3.64. The van der Waals surface area contributed by atoms with E-state index in [9.17, 15) is 23.1 Å². The van der Waals surface area contributed by atoms with Gasteiger partial charge in [0, 0.05) is 37.8 Å². The maximum Gasteiger partial charge on any atom is 0.433 e. The Hall–Kier alpha value is -2.77. The summed E-state index contributed by atoms with van der Waals surface area (Å²) < 4.78 is 45.8. The molecule has 1 N–H and O–H groups in total. The van der Waals surface area contributed by atoms with Gasteiger partial charge in [0.15, 0.2) is 0 Å². The summed E-state index contributed by atoms with van der Waals surface area (Å²) >= 11 is 0. The van der Waals surface area contributed by atoms with Gasteiger partial charge in [-0.25, -0.2) is 0 Å². The highest BCUT2D eigenvalue weighted by atomic mass is 19.4. The van der Waals surface area contributed by atoms with Gasteiger partial charge in [-0.3, -0.25) is 9.78 Å². The van der Waals surface area contributed by atoms with E-state index in [2.05, 4.69) is 17.1 Å². The number of nitrogens with zero attached hydrogens (tertiary/aromatic N) is 2. The summed E-state index contributed by atoms with van der Waals surface area (Å²) in [7, 11) is 0. The molecule has 5 rings (SSSR count). The fourth-order valence-corrected chi connectivity index (χ4v) is 5.60. The van der Waals surface area contributed by atoms with Crippen molar-refractivity contribution in [1.82, 2.24) is 4.98 Å². The number of aryl methyl sites for hydroxylation is 1. The zero-order chi connectivity index (χ0) is 24.1. The molecule has 182 valence electrons. The largest absolute Gasteiger partial charge is 0.487 e. The zero-order valence-electron chi connectivity index (χ0n) is 19.1. The molecule has 34 heavy (non-hydrogen) atoms. The third kappa shape index (κ3) is 4.46. The SMILES string of the molecule is C[C@H](C(=O)O)[C@H](c1ccc2c(c1)OC1(CC2)CCN(c2ccnc(C(F)(F)F)c2)CC1)C1CC1. The summed E-state index contributed by atoms with van der Waals surface area (Å²) in [6.45, 7) is 3.00. The van der Waals surface area contributed by atoms with E-state index in [0.29, 0.717) is 24.7 Å². The smallest absolute Gasteiger partial charge is 0.433 e. The van der Waals surface area contributed by atoms with E-state index in [4.69, 9.17) is 4.74 Å². The number of hydrogen-bond donors (Lipinski definition) is 1. The third-order valence-electron chi connectivity index (χ3n) is 7.78. The van der Waals surface area contributed by atoms with Crippen LogP contribution in [0, 0.1) is 11.8 Å². The summed E-state index contributed by atoms with van der Waals surface area (Å²) in [4.78, 5) is 17.1. The van der Waals surface area contributed by atoms with Crippen LogP contribution < -0.4 is 9.64 Å². The second-order valence-corrected chi connectivity index (χ2v) is 10.0. The lowest BCUT2D eigenvalue weighted by atomic mass is 9.80. The van der Waals surface area contributed by atoms with Crippen LogP contribution in [0.25, 0.3) is 0 Å². The van der Waals surface area contributed by atoms with Gasteiger partial charge in [0.1, 0.15) is 17.0 Å². The van der Waals surface area contributed by atoms with Gasteiger partial charge in [-0.05, 0) is 66.8 Å². The predicted octanol–water partition coefficient (Wildman–Crippen LogP) is 5.68. The molecule has 0 unspecified atom stereocenters. The zero-order valence-corrected chi connectivity index (χ0v) is 19.1. The van der Waals surface area contributed by atoms with Crippen molar-refractivity contribution in [3.05, 3.63) is 53.3 Å². The first kappa shape index (κ1) is 23.0. The van der Waals surface area contributed by atoms with Gasteiger partial charge in [0.25, 0.3) is 0 Å². The van der Waals surface area contributed by atoms with Crippen LogP contribution in [-0.2, 0) is 17.4 Å². The highest BCUT2D eigenvalue weighted by Crippen LogP contribution is 2.49. The number of fused-ring (bicyclic) bond motifs is 1. The van der Waals surface area contributed by atoms with Crippen LogP contribution in [0.1, 0.15) is 61.8 Å². The molecule has 3 aliphatic rings. The molecule has 2 fully saturated rings. The number of piperidine rings is 1. The highest BCUT2D eigenvalue weighted by Gasteiger charge is 2.42. The summed E-state index contributed by atoms with van der Waals surface area (Å²) in [6.07, 6.45) is 2.07. The van der Waals surface area contributed by atoms with Crippen molar-refractivity contribution in [1.29, 1.82) is 0 Å². The van der Waals surface area contributed by atoms with Crippen LogP contribution in [0.4, 0.5) is 18.9 Å². The summed E-state index contributed by atoms with van der Waals surface area (Å²) in [5.74, 6) is 0.00806. The van der Waals surface area contributed by atoms with Crippen LogP contribution in [-0.4, -0.2) is 34.8 Å². The molecule has 0 amide bonds. The molecule has 1 aliphatic carbocycles. The molecule has 1 saturated heterocycles. The topological polar surface area (TPSA) is 62.7 Å². The van der Waals surface area contributed by atoms with E-state index < -0.39 is 23.8 Å². The average molecular weight is 475 g/mol. The Bertz CT molecular complexity index is 1080. The number of carbonyl (C=O) groups is 1. The second-order valence-electron chi connectivity index (χ2n) is 10.0. The normalized spacial score (nSPS) is 21.5. The van der Waals surface area contributed by atoms with Gasteiger partial charge < -0.3 is 14.7 Å². The molecule has 2 atom stereocenters. The first-order chi connectivity index (χ1) is 16.2. The molecule has 0 bridgehead atoms. The van der Waals surface area contributed by atoms with Crippen molar-refractivity contribution in [2.75, 3.05) is 18.0 Å². The highest BCUT2D eigenvalue weighted by molar-refractivity contribution is 5.71. The van der Waals surface area contributed by atoms with Crippen molar-refractivity contribution in [2.45, 2.75) is 63.1 Å². The molecule has 1 aromatic carbocycles. The third-order valence-corrected chi connectivity index (χ3v) is 7.78. The van der Waals surface area contributed by atoms with E-state index in [0.717, 1.165) is 61.5 Å². The number of halogens is 3. The summed E-state index contributed by atoms with van der Waals surface area (Å²) in [5.41, 5.74) is 1.49. The lowest BCUT2D eigenvalue weighted by Gasteiger charge is -2.45. The minimum absolute atomic E-state index is 0.0133. The lowest BCUT2D eigenvalue weighted by Crippen LogP contribution is -2.50. The Labute approximate surface area is 196 Å². The van der Waals surface area contributed by atoms with Crippen molar-refractivity contribution >= 4 is 11.7 Å². The number of aliphatic carboxylic acids is 1. The number of anilines is 1. The summed E-state index contributed by atoms with van der Waals surface area (Å²) in [6, 6.07) is 8.92. The van der Waals surface area contributed by atoms with Crippen LogP contribution in [0.5, 0.6) is 5.75 Å². The molecule has 2 aromatic rings.